The van der Waals surface area contributed by atoms with E-state index < -0.39 is 0 Å². The molecular weight excluding hydrogens is 266 g/mol. The molecule has 2 aliphatic heterocycles. The van der Waals surface area contributed by atoms with Gasteiger partial charge in [0.15, 0.2) is 0 Å². The highest BCUT2D eigenvalue weighted by molar-refractivity contribution is 7.61. The van der Waals surface area contributed by atoms with E-state index in [1.165, 1.54) is 32.1 Å². The third-order valence-electron chi connectivity index (χ3n) is 5.74. The molecule has 0 N–H and O–H groups in total. The first kappa shape index (κ1) is 16.2. The quantitative estimate of drug-likeness (QED) is 0.538. The minimum atomic E-state index is 0.306. The molecule has 2 heteroatoms. The molecule has 0 unspecified atom stereocenters. The van der Waals surface area contributed by atoms with Crippen molar-refractivity contribution in [1.82, 2.24) is 0 Å². The average molecular weight is 300 g/mol. The van der Waals surface area contributed by atoms with E-state index in [1.54, 1.807) is 0 Å². The first-order chi connectivity index (χ1) is 8.91. The summed E-state index contributed by atoms with van der Waals surface area (Å²) in [5.74, 6) is 0. The van der Waals surface area contributed by atoms with Gasteiger partial charge in [-0.15, -0.1) is 0 Å². The van der Waals surface area contributed by atoms with Gasteiger partial charge < -0.3 is 0 Å². The second-order valence-electron chi connectivity index (χ2n) is 7.38. The zero-order valence-corrected chi connectivity index (χ0v) is 15.7. The van der Waals surface area contributed by atoms with Crippen molar-refractivity contribution < 1.29 is 0 Å². The first-order valence-electron chi connectivity index (χ1n) is 8.46. The Bertz CT molecular complexity index is 243. The standard InChI is InChI=1S/C17H34P2/c1-12-7-8-13(2)18(12)16(5)11-17(6)19-14(3)9-10-15(19)4/h12-17H,7-11H2,1-6H3/t12-,13-,14-,15-,16-,17-/m1/s1. The van der Waals surface area contributed by atoms with Gasteiger partial charge in [-0.25, -0.2) is 0 Å². The summed E-state index contributed by atoms with van der Waals surface area (Å²) in [5.41, 5.74) is 6.19. The smallest absolute Gasteiger partial charge is 0.0227 e. The highest BCUT2D eigenvalue weighted by Crippen LogP contribution is 2.64. The van der Waals surface area contributed by atoms with E-state index >= 15 is 0 Å². The zero-order chi connectivity index (χ0) is 14.2. The monoisotopic (exact) mass is 300 g/mol. The van der Waals surface area contributed by atoms with Crippen molar-refractivity contribution in [3.05, 3.63) is 0 Å². The summed E-state index contributed by atoms with van der Waals surface area (Å²) < 4.78 is 0. The van der Waals surface area contributed by atoms with E-state index in [0.29, 0.717) is 15.8 Å². The van der Waals surface area contributed by atoms with E-state index in [4.69, 9.17) is 0 Å². The average Bonchev–Trinajstić information content (AvgIpc) is 2.82. The van der Waals surface area contributed by atoms with E-state index in [1.807, 2.05) is 0 Å². The molecule has 2 saturated heterocycles. The van der Waals surface area contributed by atoms with Crippen LogP contribution in [0.3, 0.4) is 0 Å². The molecular formula is C17H34P2. The summed E-state index contributed by atoms with van der Waals surface area (Å²) in [6, 6.07) is 0. The summed E-state index contributed by atoms with van der Waals surface area (Å²) >= 11 is 0. The molecule has 2 fully saturated rings. The minimum Gasteiger partial charge on any atom is -0.0980 e. The Morgan fingerprint density at radius 2 is 0.947 bits per heavy atom. The summed E-state index contributed by atoms with van der Waals surface area (Å²) in [7, 11) is 0.612. The Labute approximate surface area is 124 Å². The lowest BCUT2D eigenvalue weighted by atomic mass is 10.2. The van der Waals surface area contributed by atoms with Gasteiger partial charge in [-0.05, 0) is 66.1 Å². The Kier molecular flexibility index (Phi) is 5.77. The van der Waals surface area contributed by atoms with Gasteiger partial charge in [0.1, 0.15) is 0 Å². The van der Waals surface area contributed by atoms with Gasteiger partial charge in [0.2, 0.25) is 0 Å². The second-order valence-corrected chi connectivity index (χ2v) is 14.5. The van der Waals surface area contributed by atoms with Crippen LogP contribution >= 0.6 is 15.8 Å². The number of hydrogen-bond acceptors (Lipinski definition) is 0. The minimum absolute atomic E-state index is 0.306. The van der Waals surface area contributed by atoms with Crippen LogP contribution in [0, 0.1) is 0 Å². The molecule has 0 aromatic heterocycles. The molecule has 19 heavy (non-hydrogen) atoms. The molecule has 0 radical (unpaired) electrons. The maximum atomic E-state index is 2.58. The Balaban J connectivity index is 1.93. The number of hydrogen-bond donors (Lipinski definition) is 0. The summed E-state index contributed by atoms with van der Waals surface area (Å²) in [4.78, 5) is 0. The van der Waals surface area contributed by atoms with Crippen LogP contribution in [0.5, 0.6) is 0 Å². The predicted molar refractivity (Wildman–Crippen MR) is 93.7 cm³/mol. The van der Waals surface area contributed by atoms with Gasteiger partial charge in [-0.2, -0.15) is 0 Å². The molecule has 0 aliphatic carbocycles. The van der Waals surface area contributed by atoms with Crippen LogP contribution in [0.15, 0.2) is 0 Å². The van der Waals surface area contributed by atoms with Crippen molar-refractivity contribution in [1.29, 1.82) is 0 Å². The molecule has 0 nitrogen and oxygen atoms in total. The molecule has 6 atom stereocenters. The fourth-order valence-electron chi connectivity index (χ4n) is 4.90. The van der Waals surface area contributed by atoms with Crippen LogP contribution < -0.4 is 0 Å². The molecule has 2 heterocycles. The lowest BCUT2D eigenvalue weighted by Gasteiger charge is -2.34. The summed E-state index contributed by atoms with van der Waals surface area (Å²) in [5, 5.41) is 0. The highest BCUT2D eigenvalue weighted by atomic mass is 31.1. The fourth-order valence-corrected chi connectivity index (χ4v) is 13.2. The number of rotatable bonds is 4. The summed E-state index contributed by atoms with van der Waals surface area (Å²) in [6.45, 7) is 15.3. The van der Waals surface area contributed by atoms with Gasteiger partial charge in [0.25, 0.3) is 0 Å². The van der Waals surface area contributed by atoms with E-state index in [9.17, 15) is 0 Å². The Morgan fingerprint density at radius 3 is 1.21 bits per heavy atom. The SMILES string of the molecule is C[C@@H]1CC[C@@H](C)P1[C@H](C)C[C@@H](C)P1[C@H](C)CC[C@H]1C. The van der Waals surface area contributed by atoms with Crippen LogP contribution in [-0.2, 0) is 0 Å². The lowest BCUT2D eigenvalue weighted by molar-refractivity contribution is 0.767. The zero-order valence-electron chi connectivity index (χ0n) is 13.9. The normalized spacial score (nSPS) is 40.7. The largest absolute Gasteiger partial charge is 0.0980 e. The Morgan fingerprint density at radius 1 is 0.684 bits per heavy atom. The Hall–Kier alpha value is 0.860. The van der Waals surface area contributed by atoms with Crippen LogP contribution in [0.25, 0.3) is 0 Å². The summed E-state index contributed by atoms with van der Waals surface area (Å²) in [6.07, 6.45) is 7.56. The molecule has 0 aromatic carbocycles. The second kappa shape index (κ2) is 6.75. The molecule has 0 saturated carbocycles. The van der Waals surface area contributed by atoms with Crippen molar-refractivity contribution in [2.45, 2.75) is 108 Å². The molecule has 0 spiro atoms. The highest BCUT2D eigenvalue weighted by Gasteiger charge is 2.38. The van der Waals surface area contributed by atoms with Crippen LogP contribution in [0.2, 0.25) is 0 Å². The van der Waals surface area contributed by atoms with E-state index in [-0.39, 0.29) is 0 Å². The first-order valence-corrected chi connectivity index (χ1v) is 11.6. The third kappa shape index (κ3) is 3.55. The van der Waals surface area contributed by atoms with Crippen molar-refractivity contribution in [2.24, 2.45) is 0 Å². The van der Waals surface area contributed by atoms with Gasteiger partial charge in [-0.3, -0.25) is 0 Å². The maximum absolute atomic E-state index is 2.58. The molecule has 0 bridgehead atoms. The van der Waals surface area contributed by atoms with E-state index in [0.717, 1.165) is 34.0 Å². The topological polar surface area (TPSA) is 0 Å². The van der Waals surface area contributed by atoms with E-state index in [2.05, 4.69) is 41.5 Å². The predicted octanol–water partition coefficient (Wildman–Crippen LogP) is 6.26. The fraction of sp³-hybridized carbons (Fsp3) is 1.00. The van der Waals surface area contributed by atoms with Crippen molar-refractivity contribution >= 4 is 15.8 Å². The molecule has 2 aliphatic rings. The van der Waals surface area contributed by atoms with Crippen LogP contribution in [0.4, 0.5) is 0 Å². The van der Waals surface area contributed by atoms with Crippen LogP contribution in [-0.4, -0.2) is 34.0 Å². The van der Waals surface area contributed by atoms with Crippen molar-refractivity contribution in [2.75, 3.05) is 0 Å². The van der Waals surface area contributed by atoms with Gasteiger partial charge in [-0.1, -0.05) is 57.4 Å². The van der Waals surface area contributed by atoms with Gasteiger partial charge in [0.05, 0.1) is 0 Å². The molecule has 112 valence electrons. The maximum Gasteiger partial charge on any atom is -0.0227 e. The third-order valence-corrected chi connectivity index (χ3v) is 13.3. The van der Waals surface area contributed by atoms with Crippen molar-refractivity contribution in [3.8, 4) is 0 Å². The molecule has 0 aromatic rings. The van der Waals surface area contributed by atoms with Crippen molar-refractivity contribution in [3.63, 3.8) is 0 Å². The van der Waals surface area contributed by atoms with Gasteiger partial charge in [0, 0.05) is 0 Å². The molecule has 0 amide bonds. The van der Waals surface area contributed by atoms with Crippen LogP contribution in [0.1, 0.15) is 73.6 Å². The van der Waals surface area contributed by atoms with Gasteiger partial charge >= 0.3 is 0 Å². The lowest BCUT2D eigenvalue weighted by Crippen LogP contribution is -2.18. The molecule has 2 rings (SSSR count).